The molecule has 1 aromatic carbocycles. The minimum atomic E-state index is -3.50. The second-order valence-electron chi connectivity index (χ2n) is 7.65. The summed E-state index contributed by atoms with van der Waals surface area (Å²) in [5.41, 5.74) is 0.897. The largest absolute Gasteiger partial charge is 0.546 e. The number of carboxylic acids is 1. The Kier molecular flexibility index (Phi) is 8.26. The third-order valence-electron chi connectivity index (χ3n) is 5.44. The van der Waals surface area contributed by atoms with Crippen molar-refractivity contribution in [3.8, 4) is 0 Å². The number of carboxylic acid groups (broad SMARTS) is 1. The average molecular weight is 522 g/mol. The molecule has 31 heavy (non-hydrogen) atoms. The molecule has 0 radical (unpaired) electrons. The van der Waals surface area contributed by atoms with Crippen molar-refractivity contribution < 1.29 is 40.9 Å². The molecule has 4 atom stereocenters. The lowest BCUT2D eigenvalue weighted by Gasteiger charge is -2.46. The number of nitrogens with one attached hydrogen (secondary N) is 1. The number of aliphatic hydroxyl groups excluding tert-OH is 1. The predicted octanol–water partition coefficient (Wildman–Crippen LogP) is -0.763. The number of aromatic amines is 1. The van der Waals surface area contributed by atoms with Gasteiger partial charge in [-0.05, 0) is 59.1 Å². The number of hydrogen-bond donors (Lipinski definition) is 6. The lowest BCUT2D eigenvalue weighted by atomic mass is 9.83. The van der Waals surface area contributed by atoms with Crippen LogP contribution in [0.4, 0.5) is 0 Å². The Morgan fingerprint density at radius 2 is 1.84 bits per heavy atom. The number of alkyl halides is 2. The maximum absolute atomic E-state index is 11.1. The summed E-state index contributed by atoms with van der Waals surface area (Å²) in [6.07, 6.45) is 4.49. The van der Waals surface area contributed by atoms with E-state index in [1.807, 2.05) is 0 Å². The smallest absolute Gasteiger partial charge is 0.220 e. The van der Waals surface area contributed by atoms with Crippen LogP contribution in [0.15, 0.2) is 30.3 Å². The average Bonchev–Trinajstić information content (AvgIpc) is 3.17. The van der Waals surface area contributed by atoms with E-state index in [1.165, 1.54) is 38.2 Å². The highest BCUT2D eigenvalue weighted by molar-refractivity contribution is 9.10. The van der Waals surface area contributed by atoms with Gasteiger partial charge in [-0.25, -0.2) is 0 Å². The molecule has 0 spiro atoms. The molecule has 8 N–H and O–H groups in total. The fourth-order valence-electron chi connectivity index (χ4n) is 3.49. The summed E-state index contributed by atoms with van der Waals surface area (Å²) in [7, 11) is 0. The first-order valence-corrected chi connectivity index (χ1v) is 10.9. The second-order valence-corrected chi connectivity index (χ2v) is 9.35. The molecule has 1 aliphatic carbocycles. The van der Waals surface area contributed by atoms with Gasteiger partial charge < -0.3 is 45.8 Å². The van der Waals surface area contributed by atoms with Gasteiger partial charge in [0.1, 0.15) is 6.10 Å². The fraction of sp³-hybridized carbons (Fsp3) is 0.500. The van der Waals surface area contributed by atoms with Crippen LogP contribution in [0.2, 0.25) is 0 Å². The van der Waals surface area contributed by atoms with Gasteiger partial charge in [-0.2, -0.15) is 0 Å². The van der Waals surface area contributed by atoms with Crippen LogP contribution in [0, 0.1) is 0 Å². The first kappa shape index (κ1) is 25.7. The van der Waals surface area contributed by atoms with Crippen molar-refractivity contribution in [2.45, 2.75) is 59.4 Å². The summed E-state index contributed by atoms with van der Waals surface area (Å²) in [6.45, 7) is 0. The number of H-pyrrole nitrogens is 1. The van der Waals surface area contributed by atoms with Gasteiger partial charge in [-0.15, -0.1) is 0 Å². The Balaban J connectivity index is 0.000000412. The van der Waals surface area contributed by atoms with E-state index in [1.54, 1.807) is 24.3 Å². The van der Waals surface area contributed by atoms with Gasteiger partial charge in [0.2, 0.25) is 9.57 Å². The highest BCUT2D eigenvalue weighted by Gasteiger charge is 2.66. The Hall–Kier alpha value is -1.53. The molecule has 0 unspecified atom stereocenters. The number of aromatic nitrogens is 1. The minimum Gasteiger partial charge on any atom is -0.546 e. The van der Waals surface area contributed by atoms with E-state index in [0.29, 0.717) is 10.9 Å². The summed E-state index contributed by atoms with van der Waals surface area (Å²) in [4.78, 5) is 24.7. The lowest BCUT2D eigenvalue weighted by molar-refractivity contribution is -0.425. The maximum Gasteiger partial charge on any atom is 0.220 e. The van der Waals surface area contributed by atoms with Gasteiger partial charge in [0.05, 0.1) is 17.7 Å². The molecule has 3 rings (SSSR count). The molecule has 0 aliphatic heterocycles. The summed E-state index contributed by atoms with van der Waals surface area (Å²) in [5.74, 6) is -2.30. The van der Waals surface area contributed by atoms with E-state index in [9.17, 15) is 35.1 Å². The Labute approximate surface area is 192 Å². The molecule has 1 aromatic heterocycles. The van der Waals surface area contributed by atoms with Crippen LogP contribution < -0.4 is 10.8 Å². The number of halogens is 2. The van der Waals surface area contributed by atoms with Gasteiger partial charge in [0.15, 0.2) is 11.9 Å². The van der Waals surface area contributed by atoms with Gasteiger partial charge in [-0.3, -0.25) is 0 Å². The van der Waals surface area contributed by atoms with Gasteiger partial charge in [-0.1, -0.05) is 36.2 Å². The second kappa shape index (κ2) is 9.95. The van der Waals surface area contributed by atoms with Crippen LogP contribution >= 0.6 is 27.5 Å². The van der Waals surface area contributed by atoms with Gasteiger partial charge >= 0.3 is 0 Å². The van der Waals surface area contributed by atoms with Crippen molar-refractivity contribution in [3.63, 3.8) is 0 Å². The summed E-state index contributed by atoms with van der Waals surface area (Å²) < 4.78 is -3.41. The summed E-state index contributed by atoms with van der Waals surface area (Å²) >= 11 is 7.97. The summed E-state index contributed by atoms with van der Waals surface area (Å²) in [6, 6.07) is 8.51. The van der Waals surface area contributed by atoms with E-state index >= 15 is 0 Å². The Morgan fingerprint density at radius 1 is 1.26 bits per heavy atom. The molecule has 0 amide bonds. The monoisotopic (exact) mass is 520 g/mol. The first-order chi connectivity index (χ1) is 14.4. The van der Waals surface area contributed by atoms with E-state index in [4.69, 9.17) is 11.6 Å². The molecular weight excluding hydrogens is 496 g/mol. The Morgan fingerprint density at radius 3 is 2.29 bits per heavy atom. The zero-order chi connectivity index (χ0) is 23.4. The number of aliphatic carboxylic acids is 1. The molecule has 11 heteroatoms. The minimum absolute atomic E-state index is 0.169. The van der Waals surface area contributed by atoms with Crippen molar-refractivity contribution in [1.29, 1.82) is 0 Å². The third-order valence-corrected chi connectivity index (χ3v) is 7.12. The van der Waals surface area contributed by atoms with E-state index < -0.39 is 32.9 Å². The quantitative estimate of drug-likeness (QED) is 0.213. The maximum atomic E-state index is 11.1. The van der Waals surface area contributed by atoms with E-state index in [2.05, 4.69) is 26.6 Å². The van der Waals surface area contributed by atoms with Crippen LogP contribution in [0.5, 0.6) is 0 Å². The number of carbonyl (C=O) groups excluding carboxylic acids is 2. The number of benzene rings is 1. The molecule has 1 fully saturated rings. The third kappa shape index (κ3) is 4.95. The molecule has 9 nitrogen and oxygen atoms in total. The first-order valence-electron chi connectivity index (χ1n) is 9.70. The Bertz CT molecular complexity index is 881. The number of fused-ring (bicyclic) bond motifs is 1. The van der Waals surface area contributed by atoms with Gasteiger partial charge in [0, 0.05) is 5.52 Å². The summed E-state index contributed by atoms with van der Waals surface area (Å²) in [5, 5.41) is 49.1. The SMILES string of the molecule is O=C[C@H](O)[C@](O)(c1cc2ccccc2[nH]1)[C@@](O)(Cl)[C@@](O)(Br)C(=O)[O-].[NH3+]C1CCCCC1. The molecule has 1 saturated carbocycles. The van der Waals surface area contributed by atoms with E-state index in [0.717, 1.165) is 6.04 Å². The zero-order valence-corrected chi connectivity index (χ0v) is 19.0. The number of hydrogen-bond acceptors (Lipinski definition) is 7. The normalized spacial score (nSPS) is 21.6. The topological polar surface area (TPSA) is 182 Å². The van der Waals surface area contributed by atoms with Crippen LogP contribution in [-0.2, 0) is 15.2 Å². The van der Waals surface area contributed by atoms with Gasteiger partial charge in [0.25, 0.3) is 0 Å². The molecule has 1 heterocycles. The van der Waals surface area contributed by atoms with Crippen LogP contribution in [0.25, 0.3) is 10.9 Å². The number of quaternary nitrogens is 1. The highest BCUT2D eigenvalue weighted by atomic mass is 79.9. The van der Waals surface area contributed by atoms with Crippen molar-refractivity contribution in [3.05, 3.63) is 36.0 Å². The predicted molar refractivity (Wildman–Crippen MR) is 114 cm³/mol. The lowest BCUT2D eigenvalue weighted by Crippen LogP contribution is -2.69. The number of aliphatic hydroxyl groups is 4. The molecule has 0 bridgehead atoms. The standard InChI is InChI=1S/C14H13BrClNO7.C6H13N/c15-13(23,11(20)21)14(16,24)12(22,10(19)6-18)9-5-7-3-1-2-4-8(7)17-9;7-6-4-2-1-3-5-6/h1-6,10,17,19,22-24H,(H,20,21);6H,1-5,7H2/t10-,12+,13+,14-;/m0./s1. The van der Waals surface area contributed by atoms with Crippen LogP contribution in [-0.4, -0.2) is 59.4 Å². The van der Waals surface area contributed by atoms with Crippen molar-refractivity contribution >= 4 is 50.7 Å². The molecular formula is C20H26BrClN2O7. The molecule has 172 valence electrons. The van der Waals surface area contributed by atoms with Crippen molar-refractivity contribution in [2.24, 2.45) is 0 Å². The molecule has 2 aromatic rings. The van der Waals surface area contributed by atoms with Crippen LogP contribution in [0.3, 0.4) is 0 Å². The van der Waals surface area contributed by atoms with Crippen molar-refractivity contribution in [2.75, 3.05) is 0 Å². The number of aldehydes is 1. The zero-order valence-electron chi connectivity index (χ0n) is 16.6. The molecule has 1 aliphatic rings. The molecule has 0 saturated heterocycles. The number of rotatable bonds is 6. The van der Waals surface area contributed by atoms with Crippen molar-refractivity contribution in [1.82, 2.24) is 4.98 Å². The number of carbonyl (C=O) groups is 2. The number of para-hydroxylation sites is 1. The highest BCUT2D eigenvalue weighted by Crippen LogP contribution is 2.48. The fourth-order valence-corrected chi connectivity index (χ4v) is 4.08. The van der Waals surface area contributed by atoms with E-state index in [-0.39, 0.29) is 6.29 Å². The van der Waals surface area contributed by atoms with Crippen LogP contribution in [0.1, 0.15) is 37.8 Å².